The largest absolute Gasteiger partial charge is 0.493 e. The number of nitriles is 1. The number of aliphatic hydroxyl groups is 1. The molecule has 0 radical (unpaired) electrons. The molecule has 14 heteroatoms. The van der Waals surface area contributed by atoms with Gasteiger partial charge in [-0.2, -0.15) is 18.4 Å². The van der Waals surface area contributed by atoms with Crippen molar-refractivity contribution in [2.75, 3.05) is 40.5 Å². The van der Waals surface area contributed by atoms with Crippen molar-refractivity contribution in [2.24, 2.45) is 0 Å². The van der Waals surface area contributed by atoms with Crippen molar-refractivity contribution < 1.29 is 51.5 Å². The molecule has 10 nitrogen and oxygen atoms in total. The van der Waals surface area contributed by atoms with Crippen molar-refractivity contribution in [2.45, 2.75) is 44.2 Å². The summed E-state index contributed by atoms with van der Waals surface area (Å²) in [6, 6.07) is 14.9. The summed E-state index contributed by atoms with van der Waals surface area (Å²) in [5.74, 6) is -1.21. The topological polar surface area (TPSA) is 126 Å². The third-order valence-corrected chi connectivity index (χ3v) is 8.75. The predicted molar refractivity (Wildman–Crippen MR) is 179 cm³/mol. The average molecular weight is 712 g/mol. The van der Waals surface area contributed by atoms with E-state index in [-0.39, 0.29) is 65.8 Å². The van der Waals surface area contributed by atoms with Crippen molar-refractivity contribution in [3.8, 4) is 23.3 Å². The van der Waals surface area contributed by atoms with Crippen LogP contribution in [0.3, 0.4) is 0 Å². The number of carboxylic acids is 1. The highest BCUT2D eigenvalue weighted by molar-refractivity contribution is 5.90. The number of rotatable bonds is 13. The molecule has 0 spiro atoms. The summed E-state index contributed by atoms with van der Waals surface area (Å²) >= 11 is 0. The third kappa shape index (κ3) is 8.05. The van der Waals surface area contributed by atoms with E-state index in [1.165, 1.54) is 78.4 Å². The van der Waals surface area contributed by atoms with Crippen LogP contribution < -0.4 is 14.2 Å². The maximum Gasteiger partial charge on any atom is 0.422 e. The van der Waals surface area contributed by atoms with E-state index in [9.17, 15) is 37.8 Å². The highest BCUT2D eigenvalue weighted by Gasteiger charge is 2.57. The molecule has 1 atom stereocenters. The van der Waals surface area contributed by atoms with E-state index in [1.54, 1.807) is 19.1 Å². The van der Waals surface area contributed by atoms with Gasteiger partial charge >= 0.3 is 12.1 Å². The molecule has 2 N–H and O–H groups in total. The van der Waals surface area contributed by atoms with Gasteiger partial charge in [0.1, 0.15) is 11.9 Å². The highest BCUT2D eigenvalue weighted by atomic mass is 19.4. The number of aromatic nitrogens is 1. The first-order valence-corrected chi connectivity index (χ1v) is 16.1. The van der Waals surface area contributed by atoms with Crippen LogP contribution in [0, 0.1) is 17.1 Å². The highest BCUT2D eigenvalue weighted by Crippen LogP contribution is 2.45. The maximum absolute atomic E-state index is 15.0. The van der Waals surface area contributed by atoms with E-state index in [0.29, 0.717) is 29.5 Å². The number of carbonyl (C=O) groups is 1. The van der Waals surface area contributed by atoms with Gasteiger partial charge in [0.25, 0.3) is 0 Å². The Labute approximate surface area is 291 Å². The lowest BCUT2D eigenvalue weighted by molar-refractivity contribution is -0.272. The second kappa shape index (κ2) is 15.3. The number of alkyl halides is 3. The van der Waals surface area contributed by atoms with E-state index < -0.39 is 36.2 Å². The van der Waals surface area contributed by atoms with Gasteiger partial charge in [0.15, 0.2) is 11.5 Å². The number of benzene rings is 3. The molecule has 0 aliphatic carbocycles. The summed E-state index contributed by atoms with van der Waals surface area (Å²) in [5, 5.41) is 30.7. The van der Waals surface area contributed by atoms with Gasteiger partial charge in [-0.3, -0.25) is 4.90 Å². The van der Waals surface area contributed by atoms with Crippen LogP contribution in [0.4, 0.5) is 17.6 Å². The van der Waals surface area contributed by atoms with Gasteiger partial charge in [-0.25, -0.2) is 9.18 Å². The Bertz CT molecular complexity index is 1920. The predicted octanol–water partition coefficient (Wildman–Crippen LogP) is 6.47. The number of ether oxygens (including phenoxy) is 4. The first kappa shape index (κ1) is 37.0. The molecule has 1 fully saturated rings. The van der Waals surface area contributed by atoms with Gasteiger partial charge < -0.3 is 33.7 Å². The van der Waals surface area contributed by atoms with E-state index >= 15 is 0 Å². The molecule has 2 heterocycles. The number of nitrogens with zero attached hydrogens (tertiary/aromatic N) is 3. The number of fused-ring (bicyclic) bond motifs is 1. The first-order valence-electron chi connectivity index (χ1n) is 16.1. The maximum atomic E-state index is 15.0. The number of β-amino-alcohol motifs (C(OH)–C–C–N with tert-alkyl or cyclic N) is 1. The normalized spacial score (nSPS) is 15.6. The van der Waals surface area contributed by atoms with Crippen molar-refractivity contribution in [1.29, 1.82) is 5.26 Å². The number of piperidine rings is 1. The molecule has 0 bridgehead atoms. The fourth-order valence-corrected chi connectivity index (χ4v) is 6.18. The Morgan fingerprint density at radius 1 is 1.04 bits per heavy atom. The van der Waals surface area contributed by atoms with Gasteiger partial charge in [-0.05, 0) is 73.4 Å². The van der Waals surface area contributed by atoms with Crippen molar-refractivity contribution >= 4 is 22.9 Å². The third-order valence-electron chi connectivity index (χ3n) is 8.75. The zero-order valence-corrected chi connectivity index (χ0v) is 28.2. The van der Waals surface area contributed by atoms with Gasteiger partial charge in [-0.1, -0.05) is 18.2 Å². The first-order chi connectivity index (χ1) is 24.3. The zero-order valence-electron chi connectivity index (χ0n) is 28.2. The summed E-state index contributed by atoms with van der Waals surface area (Å²) in [6.07, 6.45) is -2.30. The van der Waals surface area contributed by atoms with E-state index in [4.69, 9.17) is 18.9 Å². The zero-order chi connectivity index (χ0) is 36.9. The average Bonchev–Trinajstić information content (AvgIpc) is 3.47. The minimum Gasteiger partial charge on any atom is -0.493 e. The molecule has 0 amide bonds. The monoisotopic (exact) mass is 711 g/mol. The number of hydrogen-bond acceptors (Lipinski definition) is 8. The Hall–Kier alpha value is -5.26. The number of likely N-dealkylation sites (tertiary alicyclic amines) is 1. The SMILES string of the molecule is CCOC(=Cc1cc(OC)c(OC2CCN(CC(O)(c3cn(Cc4ccc(F)cc4)c4cc(C#N)ccc34)C(F)(F)F)CC2)c(OC)c1)C(=O)O. The lowest BCUT2D eigenvalue weighted by Gasteiger charge is -2.39. The summed E-state index contributed by atoms with van der Waals surface area (Å²) < 4.78 is 82.4. The van der Waals surface area contributed by atoms with Crippen LogP contribution in [-0.4, -0.2) is 78.4 Å². The fourth-order valence-electron chi connectivity index (χ4n) is 6.18. The molecule has 1 aromatic heterocycles. The Balaban J connectivity index is 1.38. The lowest BCUT2D eigenvalue weighted by atomic mass is 9.90. The summed E-state index contributed by atoms with van der Waals surface area (Å²) in [5.41, 5.74) is -2.02. The minimum absolute atomic E-state index is 0.0831. The number of hydrogen-bond donors (Lipinski definition) is 2. The molecule has 1 unspecified atom stereocenters. The second-order valence-corrected chi connectivity index (χ2v) is 12.1. The van der Waals surface area contributed by atoms with E-state index in [1.807, 2.05) is 6.07 Å². The standard InChI is InChI=1S/C37H37F4N3O7/c1-4-50-33(35(45)46)18-25-16-31(48-2)34(32(17-25)49-3)51-27-11-13-43(14-12-27)22-36(47,37(39,40)41)29-21-44(20-23-5-8-26(38)9-6-23)30-15-24(19-42)7-10-28(29)30/h5-10,15-18,21,27,47H,4,11-14,20,22H2,1-3H3,(H,45,46). The smallest absolute Gasteiger partial charge is 0.422 e. The van der Waals surface area contributed by atoms with Crippen LogP contribution in [0.5, 0.6) is 17.2 Å². The van der Waals surface area contributed by atoms with Gasteiger partial charge in [0.2, 0.25) is 17.1 Å². The molecule has 1 saturated heterocycles. The molecular weight excluding hydrogens is 674 g/mol. The van der Waals surface area contributed by atoms with Crippen molar-refractivity contribution in [3.05, 3.63) is 94.6 Å². The van der Waals surface area contributed by atoms with Crippen LogP contribution in [-0.2, 0) is 21.7 Å². The number of halogens is 4. The second-order valence-electron chi connectivity index (χ2n) is 12.1. The molecule has 3 aromatic carbocycles. The van der Waals surface area contributed by atoms with E-state index in [0.717, 1.165) is 0 Å². The molecule has 51 heavy (non-hydrogen) atoms. The molecule has 1 aliphatic heterocycles. The number of aliphatic carboxylic acids is 1. The van der Waals surface area contributed by atoms with Gasteiger partial charge in [0, 0.05) is 43.3 Å². The Morgan fingerprint density at radius 2 is 1.69 bits per heavy atom. The van der Waals surface area contributed by atoms with Gasteiger partial charge in [0.05, 0.1) is 38.0 Å². The molecule has 1 aliphatic rings. The van der Waals surface area contributed by atoms with Crippen LogP contribution >= 0.6 is 0 Å². The van der Waals surface area contributed by atoms with Gasteiger partial charge in [-0.15, -0.1) is 0 Å². The molecule has 4 aromatic rings. The number of methoxy groups -OCH3 is 2. The molecular formula is C37H37F4N3O7. The minimum atomic E-state index is -5.07. The van der Waals surface area contributed by atoms with Crippen LogP contribution in [0.2, 0.25) is 0 Å². The van der Waals surface area contributed by atoms with Crippen LogP contribution in [0.1, 0.15) is 42.0 Å². The van der Waals surface area contributed by atoms with Crippen molar-refractivity contribution in [1.82, 2.24) is 9.47 Å². The summed E-state index contributed by atoms with van der Waals surface area (Å²) in [7, 11) is 2.82. The lowest BCUT2D eigenvalue weighted by Crippen LogP contribution is -2.53. The summed E-state index contributed by atoms with van der Waals surface area (Å²) in [6.45, 7) is 1.47. The fraction of sp³-hybridized carbons (Fsp3) is 0.351. The van der Waals surface area contributed by atoms with Crippen LogP contribution in [0.25, 0.3) is 17.0 Å². The molecule has 270 valence electrons. The van der Waals surface area contributed by atoms with Crippen LogP contribution in [0.15, 0.2) is 66.6 Å². The molecule has 0 saturated carbocycles. The quantitative estimate of drug-likeness (QED) is 0.0912. The van der Waals surface area contributed by atoms with Crippen molar-refractivity contribution in [3.63, 3.8) is 0 Å². The molecule has 5 rings (SSSR count). The number of carboxylic acid groups (broad SMARTS) is 1. The summed E-state index contributed by atoms with van der Waals surface area (Å²) in [4.78, 5) is 13.1. The Morgan fingerprint density at radius 3 is 2.24 bits per heavy atom. The van der Waals surface area contributed by atoms with E-state index in [2.05, 4.69) is 0 Å². The Kier molecular flexibility index (Phi) is 11.1.